The lowest BCUT2D eigenvalue weighted by atomic mass is 10.1. The van der Waals surface area contributed by atoms with Crippen molar-refractivity contribution in [2.45, 2.75) is 45.6 Å². The molecular formula is C20H24N2O. The molecule has 0 aromatic heterocycles. The van der Waals surface area contributed by atoms with Crippen LogP contribution in [0, 0.1) is 0 Å². The summed E-state index contributed by atoms with van der Waals surface area (Å²) in [6, 6.07) is 14.2. The molecule has 23 heavy (non-hydrogen) atoms. The molecule has 0 spiro atoms. The number of hydrogen-bond donors (Lipinski definition) is 2. The second-order valence-electron chi connectivity index (χ2n) is 6.24. The second-order valence-corrected chi connectivity index (χ2v) is 6.24. The van der Waals surface area contributed by atoms with Crippen LogP contribution in [0.1, 0.15) is 37.0 Å². The van der Waals surface area contributed by atoms with E-state index in [4.69, 9.17) is 0 Å². The predicted molar refractivity (Wildman–Crippen MR) is 96.0 cm³/mol. The van der Waals surface area contributed by atoms with E-state index in [2.05, 4.69) is 35.8 Å². The molecule has 120 valence electrons. The number of carbonyl (C=O) groups is 1. The number of carbonyl (C=O) groups excluding carboxylic acids is 1. The highest BCUT2D eigenvalue weighted by Gasteiger charge is 2.15. The van der Waals surface area contributed by atoms with Gasteiger partial charge in [-0.15, -0.1) is 0 Å². The van der Waals surface area contributed by atoms with E-state index in [0.29, 0.717) is 0 Å². The minimum Gasteiger partial charge on any atom is -0.374 e. The highest BCUT2D eigenvalue weighted by molar-refractivity contribution is 5.96. The van der Waals surface area contributed by atoms with E-state index < -0.39 is 0 Å². The SMILES string of the molecule is CCc1ccc(NC(=O)C(C)Nc2ccc3c(c2)CCC3)cc1. The molecule has 3 rings (SSSR count). The summed E-state index contributed by atoms with van der Waals surface area (Å²) in [5, 5.41) is 6.27. The van der Waals surface area contributed by atoms with Gasteiger partial charge in [0.2, 0.25) is 5.91 Å². The van der Waals surface area contributed by atoms with Gasteiger partial charge >= 0.3 is 0 Å². The molecule has 2 aromatic rings. The number of fused-ring (bicyclic) bond motifs is 1. The van der Waals surface area contributed by atoms with E-state index in [1.807, 2.05) is 31.2 Å². The molecule has 2 aromatic carbocycles. The fraction of sp³-hybridized carbons (Fsp3) is 0.350. The number of hydrogen-bond acceptors (Lipinski definition) is 2. The maximum Gasteiger partial charge on any atom is 0.246 e. The van der Waals surface area contributed by atoms with E-state index >= 15 is 0 Å². The van der Waals surface area contributed by atoms with Crippen molar-refractivity contribution >= 4 is 17.3 Å². The van der Waals surface area contributed by atoms with Crippen LogP contribution in [0.3, 0.4) is 0 Å². The van der Waals surface area contributed by atoms with E-state index in [9.17, 15) is 4.79 Å². The Morgan fingerprint density at radius 1 is 1.04 bits per heavy atom. The highest BCUT2D eigenvalue weighted by Crippen LogP contribution is 2.25. The smallest absolute Gasteiger partial charge is 0.246 e. The van der Waals surface area contributed by atoms with Crippen LogP contribution in [-0.2, 0) is 24.1 Å². The number of nitrogens with one attached hydrogen (secondary N) is 2. The molecule has 1 aliphatic carbocycles. The molecule has 0 bridgehead atoms. The molecule has 0 aliphatic heterocycles. The zero-order chi connectivity index (χ0) is 16.2. The summed E-state index contributed by atoms with van der Waals surface area (Å²) in [6.45, 7) is 4.01. The number of benzene rings is 2. The zero-order valence-electron chi connectivity index (χ0n) is 13.9. The molecule has 0 radical (unpaired) electrons. The second kappa shape index (κ2) is 6.86. The number of aryl methyl sites for hydroxylation is 3. The van der Waals surface area contributed by atoms with Gasteiger partial charge in [-0.05, 0) is 73.6 Å². The van der Waals surface area contributed by atoms with Crippen molar-refractivity contribution in [3.05, 3.63) is 59.2 Å². The van der Waals surface area contributed by atoms with Gasteiger partial charge in [0, 0.05) is 11.4 Å². The molecule has 0 heterocycles. The van der Waals surface area contributed by atoms with Crippen LogP contribution in [0.25, 0.3) is 0 Å². The van der Waals surface area contributed by atoms with Crippen molar-refractivity contribution in [3.63, 3.8) is 0 Å². The average Bonchev–Trinajstić information content (AvgIpc) is 3.03. The van der Waals surface area contributed by atoms with Crippen LogP contribution in [0.5, 0.6) is 0 Å². The predicted octanol–water partition coefficient (Wildman–Crippen LogP) is 4.18. The minimum absolute atomic E-state index is 0.0188. The monoisotopic (exact) mass is 308 g/mol. The highest BCUT2D eigenvalue weighted by atomic mass is 16.2. The summed E-state index contributed by atoms with van der Waals surface area (Å²) in [4.78, 5) is 12.3. The Balaban J connectivity index is 1.60. The topological polar surface area (TPSA) is 41.1 Å². The molecule has 2 N–H and O–H groups in total. The Hall–Kier alpha value is -2.29. The zero-order valence-corrected chi connectivity index (χ0v) is 13.9. The lowest BCUT2D eigenvalue weighted by Gasteiger charge is -2.16. The first-order valence-corrected chi connectivity index (χ1v) is 8.44. The Kier molecular flexibility index (Phi) is 4.65. The quantitative estimate of drug-likeness (QED) is 0.870. The van der Waals surface area contributed by atoms with Crippen LogP contribution >= 0.6 is 0 Å². The van der Waals surface area contributed by atoms with Crippen molar-refractivity contribution < 1.29 is 4.79 Å². The molecule has 1 atom stereocenters. The maximum atomic E-state index is 12.3. The van der Waals surface area contributed by atoms with Crippen molar-refractivity contribution in [2.75, 3.05) is 10.6 Å². The summed E-state index contributed by atoms with van der Waals surface area (Å²) in [7, 11) is 0. The van der Waals surface area contributed by atoms with Crippen LogP contribution < -0.4 is 10.6 Å². The molecule has 0 saturated heterocycles. The minimum atomic E-state index is -0.277. The van der Waals surface area contributed by atoms with E-state index in [0.717, 1.165) is 24.2 Å². The fourth-order valence-electron chi connectivity index (χ4n) is 3.05. The standard InChI is InChI=1S/C20H24N2O/c1-3-15-7-10-18(11-8-15)22-20(23)14(2)21-19-12-9-16-5-4-6-17(16)13-19/h7-14,21H,3-6H2,1-2H3,(H,22,23). The van der Waals surface area contributed by atoms with Gasteiger partial charge in [0.05, 0.1) is 0 Å². The van der Waals surface area contributed by atoms with Gasteiger partial charge in [0.1, 0.15) is 6.04 Å². The molecule has 0 fully saturated rings. The maximum absolute atomic E-state index is 12.3. The molecule has 1 aliphatic rings. The van der Waals surface area contributed by atoms with Gasteiger partial charge in [0.25, 0.3) is 0 Å². The first kappa shape index (κ1) is 15.6. The molecular weight excluding hydrogens is 284 g/mol. The third-order valence-corrected chi connectivity index (χ3v) is 4.50. The van der Waals surface area contributed by atoms with Crippen molar-refractivity contribution in [1.29, 1.82) is 0 Å². The van der Waals surface area contributed by atoms with Crippen LogP contribution in [0.15, 0.2) is 42.5 Å². The molecule has 3 nitrogen and oxygen atoms in total. The largest absolute Gasteiger partial charge is 0.374 e. The van der Waals surface area contributed by atoms with E-state index in [1.54, 1.807) is 0 Å². The third kappa shape index (κ3) is 3.73. The van der Waals surface area contributed by atoms with E-state index in [1.165, 1.54) is 29.5 Å². The number of anilines is 2. The summed E-state index contributed by atoms with van der Waals surface area (Å²) in [6.07, 6.45) is 4.57. The summed E-state index contributed by atoms with van der Waals surface area (Å²) in [5.41, 5.74) is 6.00. The lowest BCUT2D eigenvalue weighted by molar-refractivity contribution is -0.116. The molecule has 1 amide bonds. The summed E-state index contributed by atoms with van der Waals surface area (Å²) in [5.74, 6) is -0.0188. The Morgan fingerprint density at radius 3 is 2.48 bits per heavy atom. The Labute approximate surface area is 138 Å². The Morgan fingerprint density at radius 2 is 1.74 bits per heavy atom. The fourth-order valence-corrected chi connectivity index (χ4v) is 3.05. The first-order chi connectivity index (χ1) is 11.2. The van der Waals surface area contributed by atoms with Gasteiger partial charge in [-0.25, -0.2) is 0 Å². The number of amides is 1. The van der Waals surface area contributed by atoms with Gasteiger partial charge in [-0.1, -0.05) is 25.1 Å². The van der Waals surface area contributed by atoms with Gasteiger partial charge < -0.3 is 10.6 Å². The van der Waals surface area contributed by atoms with Crippen molar-refractivity contribution in [1.82, 2.24) is 0 Å². The first-order valence-electron chi connectivity index (χ1n) is 8.44. The summed E-state index contributed by atoms with van der Waals surface area (Å²) < 4.78 is 0. The van der Waals surface area contributed by atoms with Crippen LogP contribution in [0.4, 0.5) is 11.4 Å². The van der Waals surface area contributed by atoms with Gasteiger partial charge in [-0.3, -0.25) is 4.79 Å². The van der Waals surface area contributed by atoms with Crippen LogP contribution in [0.2, 0.25) is 0 Å². The lowest BCUT2D eigenvalue weighted by Crippen LogP contribution is -2.31. The van der Waals surface area contributed by atoms with Crippen LogP contribution in [-0.4, -0.2) is 11.9 Å². The van der Waals surface area contributed by atoms with Crippen molar-refractivity contribution in [2.24, 2.45) is 0 Å². The normalized spacial score (nSPS) is 14.2. The van der Waals surface area contributed by atoms with Gasteiger partial charge in [0.15, 0.2) is 0 Å². The number of rotatable bonds is 5. The summed E-state index contributed by atoms with van der Waals surface area (Å²) >= 11 is 0. The average molecular weight is 308 g/mol. The van der Waals surface area contributed by atoms with Gasteiger partial charge in [-0.2, -0.15) is 0 Å². The molecule has 0 saturated carbocycles. The third-order valence-electron chi connectivity index (χ3n) is 4.50. The van der Waals surface area contributed by atoms with Crippen molar-refractivity contribution in [3.8, 4) is 0 Å². The molecule has 3 heteroatoms. The van der Waals surface area contributed by atoms with E-state index in [-0.39, 0.29) is 11.9 Å². The molecule has 1 unspecified atom stereocenters. The Bertz CT molecular complexity index is 691.